The number of hydrogen-bond acceptors (Lipinski definition) is 6. The van der Waals surface area contributed by atoms with Crippen LogP contribution in [0.1, 0.15) is 67.1 Å². The number of anilines is 1. The second kappa shape index (κ2) is 10.4. The number of aryl methyl sites for hydroxylation is 1. The maximum absolute atomic E-state index is 14.7. The summed E-state index contributed by atoms with van der Waals surface area (Å²) in [6, 6.07) is 6.72. The Kier molecular flexibility index (Phi) is 7.24. The smallest absolute Gasteiger partial charge is 0.266 e. The van der Waals surface area contributed by atoms with Crippen LogP contribution in [0.4, 0.5) is 19.0 Å². The minimum Gasteiger partial charge on any atom is -0.363 e. The first-order valence-electron chi connectivity index (χ1n) is 11.6. The first-order valence-corrected chi connectivity index (χ1v) is 11.6. The fourth-order valence-electron chi connectivity index (χ4n) is 4.60. The second-order valence-electron chi connectivity index (χ2n) is 8.84. The number of aromatic nitrogens is 3. The lowest BCUT2D eigenvalue weighted by molar-refractivity contribution is -0.131. The van der Waals surface area contributed by atoms with Crippen molar-refractivity contribution in [3.8, 4) is 6.07 Å². The van der Waals surface area contributed by atoms with Crippen molar-refractivity contribution in [2.75, 3.05) is 18.4 Å². The van der Waals surface area contributed by atoms with Gasteiger partial charge >= 0.3 is 0 Å². The summed E-state index contributed by atoms with van der Waals surface area (Å²) in [5.74, 6) is -0.612. The van der Waals surface area contributed by atoms with Gasteiger partial charge in [-0.15, -0.1) is 0 Å². The van der Waals surface area contributed by atoms with Crippen LogP contribution >= 0.6 is 0 Å². The Hall–Kier alpha value is -3.94. The molecule has 36 heavy (non-hydrogen) atoms. The van der Waals surface area contributed by atoms with Crippen molar-refractivity contribution < 1.29 is 18.0 Å². The van der Waals surface area contributed by atoms with Crippen molar-refractivity contribution in [1.29, 1.82) is 5.26 Å². The van der Waals surface area contributed by atoms with E-state index in [4.69, 9.17) is 5.26 Å². The van der Waals surface area contributed by atoms with Gasteiger partial charge in [0.05, 0.1) is 23.1 Å². The van der Waals surface area contributed by atoms with Crippen LogP contribution in [0.5, 0.6) is 0 Å². The molecule has 1 saturated heterocycles. The summed E-state index contributed by atoms with van der Waals surface area (Å²) in [5, 5.41) is 12.4. The fourth-order valence-corrected chi connectivity index (χ4v) is 4.60. The highest BCUT2D eigenvalue weighted by Gasteiger charge is 2.26. The molecular formula is C25H25F3N6O2. The number of amides is 1. The Labute approximate surface area is 205 Å². The normalized spacial score (nSPS) is 15.2. The van der Waals surface area contributed by atoms with Gasteiger partial charge in [-0.1, -0.05) is 18.2 Å². The maximum atomic E-state index is 14.7. The van der Waals surface area contributed by atoms with Gasteiger partial charge in [-0.05, 0) is 38.7 Å². The van der Waals surface area contributed by atoms with Gasteiger partial charge in [0.25, 0.3) is 12.0 Å². The molecule has 1 aromatic carbocycles. The third-order valence-electron chi connectivity index (χ3n) is 6.48. The second-order valence-corrected chi connectivity index (χ2v) is 8.84. The molecule has 1 fully saturated rings. The van der Waals surface area contributed by atoms with Crippen molar-refractivity contribution >= 4 is 22.8 Å². The monoisotopic (exact) mass is 498 g/mol. The summed E-state index contributed by atoms with van der Waals surface area (Å²) in [6.07, 6.45) is -1.99. The lowest BCUT2D eigenvalue weighted by Crippen LogP contribution is -2.38. The molecule has 3 aromatic rings. The van der Waals surface area contributed by atoms with Crippen molar-refractivity contribution in [3.63, 3.8) is 0 Å². The van der Waals surface area contributed by atoms with Crippen molar-refractivity contribution in [1.82, 2.24) is 19.9 Å². The molecule has 4 rings (SSSR count). The number of piperidine rings is 1. The van der Waals surface area contributed by atoms with Crippen LogP contribution in [-0.4, -0.2) is 38.8 Å². The van der Waals surface area contributed by atoms with Gasteiger partial charge < -0.3 is 15.2 Å². The van der Waals surface area contributed by atoms with Crippen molar-refractivity contribution in [3.05, 3.63) is 63.0 Å². The van der Waals surface area contributed by atoms with Crippen LogP contribution in [0, 0.1) is 24.1 Å². The standard InChI is InChI=1S/C25H25F3N6O2/c1-13(16-4-3-5-17(21(16)26)22(27)28)30-23-19-12-18(25(36)33-24(19)32-14(2)31-23)15-7-10-34(11-8-15)20(35)6-9-29/h3-5,12-13,15,22H,6-8,10-11H2,1-2H3,(H2,30,31,32,33,36). The summed E-state index contributed by atoms with van der Waals surface area (Å²) in [5.41, 5.74) is -0.0808. The van der Waals surface area contributed by atoms with Gasteiger partial charge in [0.15, 0.2) is 0 Å². The molecule has 11 heteroatoms. The number of likely N-dealkylation sites (tertiary alicyclic amines) is 1. The zero-order valence-electron chi connectivity index (χ0n) is 19.8. The molecular weight excluding hydrogens is 473 g/mol. The summed E-state index contributed by atoms with van der Waals surface area (Å²) >= 11 is 0. The van der Waals surface area contributed by atoms with E-state index in [0.29, 0.717) is 54.2 Å². The number of carbonyl (C=O) groups excluding carboxylic acids is 1. The van der Waals surface area contributed by atoms with E-state index in [1.165, 1.54) is 12.1 Å². The molecule has 188 valence electrons. The Morgan fingerprint density at radius 3 is 2.64 bits per heavy atom. The molecule has 1 atom stereocenters. The minimum atomic E-state index is -2.94. The average Bonchev–Trinajstić information content (AvgIpc) is 2.83. The summed E-state index contributed by atoms with van der Waals surface area (Å²) in [7, 11) is 0. The van der Waals surface area contributed by atoms with E-state index >= 15 is 0 Å². The van der Waals surface area contributed by atoms with Gasteiger partial charge in [0.1, 0.15) is 29.5 Å². The Bertz CT molecular complexity index is 1390. The fraction of sp³-hybridized carbons (Fsp3) is 0.400. The number of hydrogen-bond donors (Lipinski definition) is 2. The lowest BCUT2D eigenvalue weighted by Gasteiger charge is -2.31. The van der Waals surface area contributed by atoms with E-state index in [1.54, 1.807) is 24.8 Å². The molecule has 0 bridgehead atoms. The lowest BCUT2D eigenvalue weighted by atomic mass is 9.89. The summed E-state index contributed by atoms with van der Waals surface area (Å²) in [6.45, 7) is 4.16. The number of aromatic amines is 1. The number of nitrogens with one attached hydrogen (secondary N) is 2. The molecule has 8 nitrogen and oxygen atoms in total. The van der Waals surface area contributed by atoms with Gasteiger partial charge in [-0.2, -0.15) is 5.26 Å². The number of nitrogens with zero attached hydrogens (tertiary/aromatic N) is 4. The van der Waals surface area contributed by atoms with E-state index in [1.807, 2.05) is 6.07 Å². The van der Waals surface area contributed by atoms with Gasteiger partial charge in [0, 0.05) is 24.2 Å². The number of halogens is 3. The summed E-state index contributed by atoms with van der Waals surface area (Å²) in [4.78, 5) is 38.0. The summed E-state index contributed by atoms with van der Waals surface area (Å²) < 4.78 is 41.1. The van der Waals surface area contributed by atoms with Crippen LogP contribution in [-0.2, 0) is 4.79 Å². The number of nitriles is 1. The SMILES string of the molecule is Cc1nc(NC(C)c2cccc(C(F)F)c2F)c2cc(C3CCN(C(=O)CC#N)CC3)c(=O)[nH]c2n1. The molecule has 1 amide bonds. The number of H-pyrrole nitrogens is 1. The third-order valence-corrected chi connectivity index (χ3v) is 6.48. The van der Waals surface area contributed by atoms with Crippen LogP contribution in [0.15, 0.2) is 29.1 Å². The molecule has 3 heterocycles. The molecule has 0 saturated carbocycles. The van der Waals surface area contributed by atoms with E-state index in [-0.39, 0.29) is 29.4 Å². The number of pyridine rings is 1. The van der Waals surface area contributed by atoms with E-state index in [2.05, 4.69) is 20.3 Å². The minimum absolute atomic E-state index is 0.0660. The highest BCUT2D eigenvalue weighted by molar-refractivity contribution is 5.87. The molecule has 0 spiro atoms. The van der Waals surface area contributed by atoms with Crippen molar-refractivity contribution in [2.45, 2.75) is 51.5 Å². The van der Waals surface area contributed by atoms with E-state index in [0.717, 1.165) is 6.07 Å². The van der Waals surface area contributed by atoms with Crippen molar-refractivity contribution in [2.24, 2.45) is 0 Å². The van der Waals surface area contributed by atoms with Gasteiger partial charge in [-0.25, -0.2) is 23.1 Å². The molecule has 2 aromatic heterocycles. The molecule has 1 aliphatic rings. The van der Waals surface area contributed by atoms with Crippen LogP contribution in [0.3, 0.4) is 0 Å². The molecule has 1 aliphatic heterocycles. The molecule has 0 aliphatic carbocycles. The Balaban J connectivity index is 1.65. The zero-order valence-corrected chi connectivity index (χ0v) is 19.8. The molecule has 2 N–H and O–H groups in total. The van der Waals surface area contributed by atoms with Crippen LogP contribution in [0.2, 0.25) is 0 Å². The Morgan fingerprint density at radius 1 is 1.28 bits per heavy atom. The molecule has 0 radical (unpaired) electrons. The predicted molar refractivity (Wildman–Crippen MR) is 127 cm³/mol. The Morgan fingerprint density at radius 2 is 1.97 bits per heavy atom. The zero-order chi connectivity index (χ0) is 26.0. The van der Waals surface area contributed by atoms with Gasteiger partial charge in [-0.3, -0.25) is 9.59 Å². The average molecular weight is 499 g/mol. The first kappa shape index (κ1) is 25.2. The van der Waals surface area contributed by atoms with Crippen LogP contribution < -0.4 is 10.9 Å². The maximum Gasteiger partial charge on any atom is 0.266 e. The first-order chi connectivity index (χ1) is 17.2. The third kappa shape index (κ3) is 5.03. The number of carbonyl (C=O) groups is 1. The molecule has 1 unspecified atom stereocenters. The quantitative estimate of drug-likeness (QED) is 0.517. The largest absolute Gasteiger partial charge is 0.363 e. The van der Waals surface area contributed by atoms with E-state index < -0.39 is 23.8 Å². The number of fused-ring (bicyclic) bond motifs is 1. The number of benzene rings is 1. The van der Waals surface area contributed by atoms with Gasteiger partial charge in [0.2, 0.25) is 5.91 Å². The topological polar surface area (TPSA) is 115 Å². The number of rotatable bonds is 6. The highest BCUT2D eigenvalue weighted by Crippen LogP contribution is 2.32. The highest BCUT2D eigenvalue weighted by atomic mass is 19.3. The predicted octanol–water partition coefficient (Wildman–Crippen LogP) is 4.50. The van der Waals surface area contributed by atoms with Crippen LogP contribution in [0.25, 0.3) is 11.0 Å². The number of alkyl halides is 2. The van der Waals surface area contributed by atoms with E-state index in [9.17, 15) is 22.8 Å².